The molecule has 0 amide bonds. The molecule has 0 spiro atoms. The Bertz CT molecular complexity index is 166. The molecule has 0 aromatic rings. The van der Waals surface area contributed by atoms with Gasteiger partial charge in [0.2, 0.25) is 0 Å². The highest BCUT2D eigenvalue weighted by atomic mass is 16.5. The van der Waals surface area contributed by atoms with E-state index in [4.69, 9.17) is 4.74 Å². The second kappa shape index (κ2) is 3.95. The van der Waals surface area contributed by atoms with Crippen LogP contribution in [0.15, 0.2) is 0 Å². The first kappa shape index (κ1) is 9.44. The van der Waals surface area contributed by atoms with Crippen molar-refractivity contribution in [2.75, 3.05) is 32.8 Å². The van der Waals surface area contributed by atoms with Gasteiger partial charge >= 0.3 is 0 Å². The Morgan fingerprint density at radius 3 is 2.23 bits per heavy atom. The van der Waals surface area contributed by atoms with E-state index in [2.05, 4.69) is 23.6 Å². The number of hydrogen-bond acceptors (Lipinski definition) is 3. The first-order valence-corrected chi connectivity index (χ1v) is 5.46. The van der Waals surface area contributed by atoms with Gasteiger partial charge < -0.3 is 4.74 Å². The van der Waals surface area contributed by atoms with Crippen molar-refractivity contribution in [3.05, 3.63) is 0 Å². The minimum atomic E-state index is 0.373. The molecule has 0 saturated carbocycles. The van der Waals surface area contributed by atoms with Crippen LogP contribution in [0.5, 0.6) is 0 Å². The van der Waals surface area contributed by atoms with Gasteiger partial charge in [0, 0.05) is 38.8 Å². The van der Waals surface area contributed by atoms with E-state index in [1.54, 1.807) is 0 Å². The van der Waals surface area contributed by atoms with E-state index in [-0.39, 0.29) is 0 Å². The molecule has 0 aromatic heterocycles. The molecule has 2 unspecified atom stereocenters. The Labute approximate surface area is 80.6 Å². The van der Waals surface area contributed by atoms with Crippen LogP contribution in [0.25, 0.3) is 0 Å². The quantitative estimate of drug-likeness (QED) is 0.644. The molecule has 0 radical (unpaired) electrons. The van der Waals surface area contributed by atoms with Crippen molar-refractivity contribution in [2.24, 2.45) is 0 Å². The molecule has 3 fully saturated rings. The molecule has 2 atom stereocenters. The zero-order valence-corrected chi connectivity index (χ0v) is 8.70. The maximum absolute atomic E-state index is 5.80. The molecule has 0 aromatic carbocycles. The standard InChI is InChI=1S/C10H20N2O/c1-3-9-10(13-4-2)12-7-5-11(9)6-8-12/h9-10H,3-8H2,1-2H3. The maximum Gasteiger partial charge on any atom is 0.126 e. The monoisotopic (exact) mass is 184 g/mol. The largest absolute Gasteiger partial charge is 0.362 e. The summed E-state index contributed by atoms with van der Waals surface area (Å²) >= 11 is 0. The van der Waals surface area contributed by atoms with E-state index >= 15 is 0 Å². The van der Waals surface area contributed by atoms with Crippen molar-refractivity contribution in [1.29, 1.82) is 0 Å². The summed E-state index contributed by atoms with van der Waals surface area (Å²) in [7, 11) is 0. The third-order valence-corrected chi connectivity index (χ3v) is 3.26. The topological polar surface area (TPSA) is 15.7 Å². The van der Waals surface area contributed by atoms with Crippen molar-refractivity contribution in [3.63, 3.8) is 0 Å². The van der Waals surface area contributed by atoms with Crippen molar-refractivity contribution in [3.8, 4) is 0 Å². The zero-order chi connectivity index (χ0) is 9.26. The summed E-state index contributed by atoms with van der Waals surface area (Å²) in [6.07, 6.45) is 1.58. The van der Waals surface area contributed by atoms with Crippen molar-refractivity contribution in [2.45, 2.75) is 32.5 Å². The fourth-order valence-electron chi connectivity index (χ4n) is 2.59. The van der Waals surface area contributed by atoms with Crippen LogP contribution in [-0.2, 0) is 4.74 Å². The summed E-state index contributed by atoms with van der Waals surface area (Å²) in [6, 6.07) is 0.641. The average molecular weight is 184 g/mol. The van der Waals surface area contributed by atoms with E-state index in [0.717, 1.165) is 6.61 Å². The summed E-state index contributed by atoms with van der Waals surface area (Å²) in [5.74, 6) is 0. The fourth-order valence-corrected chi connectivity index (χ4v) is 2.59. The number of piperazine rings is 3. The summed E-state index contributed by atoms with van der Waals surface area (Å²) in [5, 5.41) is 0. The fraction of sp³-hybridized carbons (Fsp3) is 1.00. The minimum absolute atomic E-state index is 0.373. The molecule has 3 rings (SSSR count). The predicted molar refractivity (Wildman–Crippen MR) is 52.6 cm³/mol. The first-order chi connectivity index (χ1) is 6.36. The van der Waals surface area contributed by atoms with Crippen LogP contribution in [-0.4, -0.2) is 54.9 Å². The van der Waals surface area contributed by atoms with Gasteiger partial charge in [-0.25, -0.2) is 0 Å². The molecule has 3 heterocycles. The highest BCUT2D eigenvalue weighted by molar-refractivity contribution is 4.91. The molecule has 3 aliphatic rings. The van der Waals surface area contributed by atoms with Gasteiger partial charge in [0.1, 0.15) is 6.23 Å². The van der Waals surface area contributed by atoms with E-state index in [1.165, 1.54) is 32.6 Å². The Morgan fingerprint density at radius 1 is 1.08 bits per heavy atom. The number of hydrogen-bond donors (Lipinski definition) is 0. The average Bonchev–Trinajstić information content (AvgIpc) is 2.20. The van der Waals surface area contributed by atoms with Gasteiger partial charge in [0.15, 0.2) is 0 Å². The second-order valence-electron chi connectivity index (χ2n) is 3.89. The summed E-state index contributed by atoms with van der Waals surface area (Å²) < 4.78 is 5.80. The van der Waals surface area contributed by atoms with Gasteiger partial charge in [0.05, 0.1) is 0 Å². The Kier molecular flexibility index (Phi) is 2.86. The van der Waals surface area contributed by atoms with Gasteiger partial charge in [-0.15, -0.1) is 0 Å². The molecule has 3 aliphatic heterocycles. The molecule has 13 heavy (non-hydrogen) atoms. The maximum atomic E-state index is 5.80. The van der Waals surface area contributed by atoms with Gasteiger partial charge in [-0.3, -0.25) is 9.80 Å². The van der Waals surface area contributed by atoms with Crippen LogP contribution < -0.4 is 0 Å². The Balaban J connectivity index is 2.05. The van der Waals surface area contributed by atoms with E-state index in [1.807, 2.05) is 0 Å². The minimum Gasteiger partial charge on any atom is -0.362 e. The molecular formula is C10H20N2O. The Morgan fingerprint density at radius 2 is 1.69 bits per heavy atom. The zero-order valence-electron chi connectivity index (χ0n) is 8.70. The molecule has 2 bridgehead atoms. The van der Waals surface area contributed by atoms with E-state index in [9.17, 15) is 0 Å². The summed E-state index contributed by atoms with van der Waals surface area (Å²) in [6.45, 7) is 10.1. The lowest BCUT2D eigenvalue weighted by Gasteiger charge is -2.52. The lowest BCUT2D eigenvalue weighted by molar-refractivity contribution is -0.164. The van der Waals surface area contributed by atoms with E-state index in [0.29, 0.717) is 12.3 Å². The van der Waals surface area contributed by atoms with Crippen LogP contribution in [0.1, 0.15) is 20.3 Å². The van der Waals surface area contributed by atoms with Crippen LogP contribution in [0.3, 0.4) is 0 Å². The van der Waals surface area contributed by atoms with Gasteiger partial charge in [-0.1, -0.05) is 6.92 Å². The Hall–Kier alpha value is -0.120. The lowest BCUT2D eigenvalue weighted by atomic mass is 10.0. The number of ether oxygens (including phenoxy) is 1. The molecule has 3 heteroatoms. The van der Waals surface area contributed by atoms with Gasteiger partial charge in [-0.2, -0.15) is 0 Å². The highest BCUT2D eigenvalue weighted by Gasteiger charge is 2.39. The van der Waals surface area contributed by atoms with Crippen molar-refractivity contribution in [1.82, 2.24) is 9.80 Å². The number of rotatable bonds is 3. The summed E-state index contributed by atoms with van der Waals surface area (Å²) in [5.41, 5.74) is 0. The van der Waals surface area contributed by atoms with Crippen molar-refractivity contribution >= 4 is 0 Å². The van der Waals surface area contributed by atoms with Gasteiger partial charge in [-0.05, 0) is 13.3 Å². The molecule has 0 N–H and O–H groups in total. The SMILES string of the molecule is CCOC1C(CC)N2CCN1CC2. The number of fused-ring (bicyclic) bond motifs is 3. The first-order valence-electron chi connectivity index (χ1n) is 5.46. The smallest absolute Gasteiger partial charge is 0.126 e. The molecule has 3 nitrogen and oxygen atoms in total. The van der Waals surface area contributed by atoms with Crippen LogP contribution in [0.4, 0.5) is 0 Å². The predicted octanol–water partition coefficient (Wildman–Crippen LogP) is 0.759. The van der Waals surface area contributed by atoms with Crippen LogP contribution in [0.2, 0.25) is 0 Å². The molecular weight excluding hydrogens is 164 g/mol. The number of nitrogens with zero attached hydrogens (tertiary/aromatic N) is 2. The molecule has 76 valence electrons. The summed E-state index contributed by atoms with van der Waals surface area (Å²) in [4.78, 5) is 5.08. The van der Waals surface area contributed by atoms with Crippen LogP contribution in [0, 0.1) is 0 Å². The molecule has 3 saturated heterocycles. The lowest BCUT2D eigenvalue weighted by Crippen LogP contribution is -2.66. The highest BCUT2D eigenvalue weighted by Crippen LogP contribution is 2.25. The van der Waals surface area contributed by atoms with Crippen molar-refractivity contribution < 1.29 is 4.74 Å². The normalized spacial score (nSPS) is 43.8. The van der Waals surface area contributed by atoms with Crippen LogP contribution >= 0.6 is 0 Å². The third kappa shape index (κ3) is 1.60. The third-order valence-electron chi connectivity index (χ3n) is 3.26. The van der Waals surface area contributed by atoms with Gasteiger partial charge in [0.25, 0.3) is 0 Å². The molecule has 0 aliphatic carbocycles. The van der Waals surface area contributed by atoms with E-state index < -0.39 is 0 Å². The second-order valence-corrected chi connectivity index (χ2v) is 3.89.